The van der Waals surface area contributed by atoms with E-state index in [9.17, 15) is 4.79 Å². The van der Waals surface area contributed by atoms with E-state index in [1.807, 2.05) is 28.8 Å². The van der Waals surface area contributed by atoms with Crippen LogP contribution in [0.1, 0.15) is 10.5 Å². The fraction of sp³-hybridized carbons (Fsp3) is 0.267. The first kappa shape index (κ1) is 14.7. The summed E-state index contributed by atoms with van der Waals surface area (Å²) >= 11 is 1.49. The normalized spacial score (nSPS) is 12.2. The number of ether oxygens (including phenoxy) is 1. The Labute approximate surface area is 131 Å². The molecule has 22 heavy (non-hydrogen) atoms. The van der Waals surface area contributed by atoms with Crippen molar-refractivity contribution in [2.75, 3.05) is 13.7 Å². The Morgan fingerprint density at radius 3 is 2.91 bits per heavy atom. The number of fused-ring (bicyclic) bond motifs is 1. The van der Waals surface area contributed by atoms with E-state index in [4.69, 9.17) is 4.74 Å². The summed E-state index contributed by atoms with van der Waals surface area (Å²) in [5.74, 6) is -0.335. The van der Waals surface area contributed by atoms with E-state index in [1.165, 1.54) is 11.3 Å². The molecule has 3 rings (SSSR count). The molecule has 2 heterocycles. The highest BCUT2D eigenvalue weighted by molar-refractivity contribution is 7.16. The number of nitrogens with zero attached hydrogens (tertiary/aromatic N) is 4. The van der Waals surface area contributed by atoms with Gasteiger partial charge in [0.15, 0.2) is 10.5 Å². The van der Waals surface area contributed by atoms with Crippen molar-refractivity contribution in [1.82, 2.24) is 14.3 Å². The number of hydrogen-bond donors (Lipinski definition) is 0. The van der Waals surface area contributed by atoms with E-state index < -0.39 is 0 Å². The Kier molecular flexibility index (Phi) is 4.17. The van der Waals surface area contributed by atoms with Gasteiger partial charge >= 0.3 is 0 Å². The molecule has 1 amide bonds. The zero-order valence-corrected chi connectivity index (χ0v) is 13.2. The smallest absolute Gasteiger partial charge is 0.300 e. The average Bonchev–Trinajstić information content (AvgIpc) is 3.09. The van der Waals surface area contributed by atoms with Crippen molar-refractivity contribution in [3.8, 4) is 0 Å². The van der Waals surface area contributed by atoms with Gasteiger partial charge in [-0.05, 0) is 18.2 Å². The molecule has 114 valence electrons. The van der Waals surface area contributed by atoms with E-state index in [0.717, 1.165) is 10.2 Å². The molecule has 0 bridgehead atoms. The maximum absolute atomic E-state index is 12.2. The summed E-state index contributed by atoms with van der Waals surface area (Å²) in [5, 5.41) is 4.10. The molecule has 0 aliphatic heterocycles. The summed E-state index contributed by atoms with van der Waals surface area (Å²) < 4.78 is 9.84. The van der Waals surface area contributed by atoms with Crippen LogP contribution in [0.4, 0.5) is 0 Å². The Bertz CT molecular complexity index is 875. The molecular formula is C15H16N4O2S. The van der Waals surface area contributed by atoms with Gasteiger partial charge in [0.2, 0.25) is 0 Å². The van der Waals surface area contributed by atoms with E-state index in [1.54, 1.807) is 31.1 Å². The molecule has 0 unspecified atom stereocenters. The van der Waals surface area contributed by atoms with Crippen LogP contribution in [-0.4, -0.2) is 34.0 Å². The van der Waals surface area contributed by atoms with Gasteiger partial charge < -0.3 is 9.30 Å². The third kappa shape index (κ3) is 2.86. The summed E-state index contributed by atoms with van der Waals surface area (Å²) in [6.07, 6.45) is 1.73. The Balaban J connectivity index is 2.08. The zero-order valence-electron chi connectivity index (χ0n) is 12.4. The number of thiazole rings is 1. The summed E-state index contributed by atoms with van der Waals surface area (Å²) in [4.78, 5) is 17.2. The fourth-order valence-corrected chi connectivity index (χ4v) is 3.23. The van der Waals surface area contributed by atoms with Crippen molar-refractivity contribution >= 4 is 27.5 Å². The highest BCUT2D eigenvalue weighted by atomic mass is 32.1. The lowest BCUT2D eigenvalue weighted by Crippen LogP contribution is -2.19. The van der Waals surface area contributed by atoms with Gasteiger partial charge in [0, 0.05) is 26.9 Å². The molecule has 0 radical (unpaired) electrons. The summed E-state index contributed by atoms with van der Waals surface area (Å²) in [6.45, 7) is 1.21. The lowest BCUT2D eigenvalue weighted by atomic mass is 10.3. The maximum Gasteiger partial charge on any atom is 0.300 e. The Hall–Kier alpha value is -2.25. The van der Waals surface area contributed by atoms with Crippen molar-refractivity contribution in [3.63, 3.8) is 0 Å². The molecule has 0 atom stereocenters. The number of amides is 1. The monoisotopic (exact) mass is 316 g/mol. The van der Waals surface area contributed by atoms with Crippen LogP contribution in [0.3, 0.4) is 0 Å². The molecular weight excluding hydrogens is 300 g/mol. The van der Waals surface area contributed by atoms with E-state index in [-0.39, 0.29) is 5.91 Å². The molecule has 0 N–H and O–H groups in total. The van der Waals surface area contributed by atoms with Crippen LogP contribution in [0.5, 0.6) is 0 Å². The van der Waals surface area contributed by atoms with Gasteiger partial charge in [0.05, 0.1) is 16.8 Å². The zero-order chi connectivity index (χ0) is 15.5. The van der Waals surface area contributed by atoms with Gasteiger partial charge in [-0.25, -0.2) is 0 Å². The van der Waals surface area contributed by atoms with E-state index >= 15 is 0 Å². The number of methoxy groups -OCH3 is 1. The second kappa shape index (κ2) is 6.25. The first-order valence-electron chi connectivity index (χ1n) is 6.85. The molecule has 0 aliphatic rings. The lowest BCUT2D eigenvalue weighted by molar-refractivity contribution is 0.0992. The number of carbonyl (C=O) groups excluding carboxylic acids is 1. The van der Waals surface area contributed by atoms with Crippen molar-refractivity contribution in [3.05, 3.63) is 47.0 Å². The number of benzene rings is 1. The summed E-state index contributed by atoms with van der Waals surface area (Å²) in [5.41, 5.74) is 1.40. The first-order valence-corrected chi connectivity index (χ1v) is 7.66. The lowest BCUT2D eigenvalue weighted by Gasteiger charge is -2.03. The average molecular weight is 316 g/mol. The maximum atomic E-state index is 12.2. The molecule has 0 fully saturated rings. The minimum absolute atomic E-state index is 0.335. The Morgan fingerprint density at radius 1 is 1.36 bits per heavy atom. The van der Waals surface area contributed by atoms with Gasteiger partial charge in [-0.3, -0.25) is 9.48 Å². The number of rotatable bonds is 4. The van der Waals surface area contributed by atoms with Crippen molar-refractivity contribution < 1.29 is 9.53 Å². The number of para-hydroxylation sites is 1. The topological polar surface area (TPSA) is 61.4 Å². The predicted molar refractivity (Wildman–Crippen MR) is 84.8 cm³/mol. The molecule has 6 nitrogen and oxygen atoms in total. The number of aromatic nitrogens is 3. The summed E-state index contributed by atoms with van der Waals surface area (Å²) in [6, 6.07) is 9.66. The standard InChI is InChI=1S/C15H16N4O2S/c1-18-8-7-11(17-18)14(20)16-15-19(9-10-21-2)12-5-3-4-6-13(12)22-15/h3-8H,9-10H2,1-2H3. The molecule has 0 spiro atoms. The second-order valence-electron chi connectivity index (χ2n) is 4.79. The van der Waals surface area contributed by atoms with Crippen molar-refractivity contribution in [2.45, 2.75) is 6.54 Å². The Morgan fingerprint density at radius 2 is 2.18 bits per heavy atom. The third-order valence-corrected chi connectivity index (χ3v) is 4.30. The molecule has 7 heteroatoms. The van der Waals surface area contributed by atoms with Crippen LogP contribution < -0.4 is 4.80 Å². The molecule has 2 aromatic heterocycles. The number of aryl methyl sites for hydroxylation is 1. The third-order valence-electron chi connectivity index (χ3n) is 3.24. The van der Waals surface area contributed by atoms with Gasteiger partial charge in [0.25, 0.3) is 5.91 Å². The fourth-order valence-electron chi connectivity index (χ4n) is 2.18. The van der Waals surface area contributed by atoms with Gasteiger partial charge in [-0.15, -0.1) is 0 Å². The van der Waals surface area contributed by atoms with E-state index in [2.05, 4.69) is 10.1 Å². The molecule has 0 saturated carbocycles. The summed E-state index contributed by atoms with van der Waals surface area (Å²) in [7, 11) is 3.43. The predicted octanol–water partition coefficient (Wildman–Crippen LogP) is 1.82. The highest BCUT2D eigenvalue weighted by Gasteiger charge is 2.10. The van der Waals surface area contributed by atoms with Gasteiger partial charge in [-0.2, -0.15) is 10.1 Å². The van der Waals surface area contributed by atoms with Crippen LogP contribution >= 0.6 is 11.3 Å². The largest absolute Gasteiger partial charge is 0.383 e. The van der Waals surface area contributed by atoms with Crippen LogP contribution in [0.2, 0.25) is 0 Å². The first-order chi connectivity index (χ1) is 10.7. The van der Waals surface area contributed by atoms with Gasteiger partial charge in [0.1, 0.15) is 0 Å². The quantitative estimate of drug-likeness (QED) is 0.737. The minimum atomic E-state index is -0.335. The number of hydrogen-bond acceptors (Lipinski definition) is 4. The van der Waals surface area contributed by atoms with Crippen LogP contribution in [0.15, 0.2) is 41.5 Å². The molecule has 1 aromatic carbocycles. The van der Waals surface area contributed by atoms with Gasteiger partial charge in [-0.1, -0.05) is 23.5 Å². The van der Waals surface area contributed by atoms with E-state index in [0.29, 0.717) is 23.6 Å². The van der Waals surface area contributed by atoms with Crippen LogP contribution in [0.25, 0.3) is 10.2 Å². The molecule has 0 saturated heterocycles. The highest BCUT2D eigenvalue weighted by Crippen LogP contribution is 2.16. The minimum Gasteiger partial charge on any atom is -0.383 e. The van der Waals surface area contributed by atoms with Crippen molar-refractivity contribution in [1.29, 1.82) is 0 Å². The van der Waals surface area contributed by atoms with Crippen LogP contribution in [-0.2, 0) is 18.3 Å². The molecule has 0 aliphatic carbocycles. The number of carbonyl (C=O) groups is 1. The second-order valence-corrected chi connectivity index (χ2v) is 5.80. The SMILES string of the molecule is COCCn1c(=NC(=O)c2ccn(C)n2)sc2ccccc21. The van der Waals surface area contributed by atoms with Crippen molar-refractivity contribution in [2.24, 2.45) is 12.0 Å². The van der Waals surface area contributed by atoms with Crippen LogP contribution in [0, 0.1) is 0 Å². The molecule has 3 aromatic rings.